The molecule has 22 heavy (non-hydrogen) atoms. The highest BCUT2D eigenvalue weighted by Crippen LogP contribution is 2.16. The molecule has 5 heteroatoms. The van der Waals surface area contributed by atoms with Gasteiger partial charge in [0.1, 0.15) is 12.4 Å². The van der Waals surface area contributed by atoms with Crippen LogP contribution in [-0.4, -0.2) is 41.2 Å². The van der Waals surface area contributed by atoms with Gasteiger partial charge in [-0.2, -0.15) is 0 Å². The van der Waals surface area contributed by atoms with Crippen molar-refractivity contribution in [2.75, 3.05) is 19.6 Å². The minimum absolute atomic E-state index is 0.0103. The standard InChI is InChI=1S/C17H23FN2O2/c1-13-4-3-9-19(10-13)17(22)12-20(14(2)21)11-15-5-7-16(18)8-6-15/h5-8,13H,3-4,9-12H2,1-2H3. The van der Waals surface area contributed by atoms with Gasteiger partial charge in [0.25, 0.3) is 0 Å². The third-order valence-corrected chi connectivity index (χ3v) is 4.07. The van der Waals surface area contributed by atoms with Crippen molar-refractivity contribution >= 4 is 11.8 Å². The van der Waals surface area contributed by atoms with Crippen molar-refractivity contribution < 1.29 is 14.0 Å². The molecule has 1 saturated heterocycles. The summed E-state index contributed by atoms with van der Waals surface area (Å²) < 4.78 is 12.9. The van der Waals surface area contributed by atoms with Crippen LogP contribution in [0.3, 0.4) is 0 Å². The molecule has 0 radical (unpaired) electrons. The van der Waals surface area contributed by atoms with Gasteiger partial charge >= 0.3 is 0 Å². The predicted molar refractivity (Wildman–Crippen MR) is 82.5 cm³/mol. The van der Waals surface area contributed by atoms with E-state index in [4.69, 9.17) is 0 Å². The molecule has 1 fully saturated rings. The fourth-order valence-electron chi connectivity index (χ4n) is 2.77. The Hall–Kier alpha value is -1.91. The van der Waals surface area contributed by atoms with Crippen LogP contribution in [0.4, 0.5) is 4.39 Å². The topological polar surface area (TPSA) is 40.6 Å². The second-order valence-electron chi connectivity index (χ2n) is 6.09. The van der Waals surface area contributed by atoms with Gasteiger partial charge in [-0.3, -0.25) is 9.59 Å². The van der Waals surface area contributed by atoms with E-state index in [2.05, 4.69) is 6.92 Å². The van der Waals surface area contributed by atoms with Crippen LogP contribution in [0.15, 0.2) is 24.3 Å². The molecule has 1 aromatic rings. The summed E-state index contributed by atoms with van der Waals surface area (Å²) in [6.07, 6.45) is 2.17. The van der Waals surface area contributed by atoms with E-state index in [0.717, 1.165) is 31.5 Å². The molecule has 1 aliphatic rings. The summed E-state index contributed by atoms with van der Waals surface area (Å²) in [4.78, 5) is 27.5. The molecule has 1 unspecified atom stereocenters. The fraction of sp³-hybridized carbons (Fsp3) is 0.529. The van der Waals surface area contributed by atoms with Crippen LogP contribution in [-0.2, 0) is 16.1 Å². The maximum atomic E-state index is 12.9. The molecule has 0 aromatic heterocycles. The number of carbonyl (C=O) groups is 2. The third kappa shape index (κ3) is 4.55. The monoisotopic (exact) mass is 306 g/mol. The number of likely N-dealkylation sites (tertiary alicyclic amines) is 1. The summed E-state index contributed by atoms with van der Waals surface area (Å²) in [7, 11) is 0. The first-order valence-electron chi connectivity index (χ1n) is 7.73. The van der Waals surface area contributed by atoms with Crippen molar-refractivity contribution in [3.8, 4) is 0 Å². The molecule has 1 atom stereocenters. The quantitative estimate of drug-likeness (QED) is 0.857. The third-order valence-electron chi connectivity index (χ3n) is 4.07. The Balaban J connectivity index is 1.97. The number of hydrogen-bond acceptors (Lipinski definition) is 2. The van der Waals surface area contributed by atoms with Crippen molar-refractivity contribution in [3.63, 3.8) is 0 Å². The molecule has 0 spiro atoms. The van der Waals surface area contributed by atoms with Gasteiger partial charge in [0.2, 0.25) is 11.8 Å². The van der Waals surface area contributed by atoms with E-state index in [1.807, 2.05) is 4.90 Å². The molecule has 120 valence electrons. The van der Waals surface area contributed by atoms with Crippen LogP contribution in [0, 0.1) is 11.7 Å². The van der Waals surface area contributed by atoms with Crippen LogP contribution in [0.25, 0.3) is 0 Å². The number of halogens is 1. The van der Waals surface area contributed by atoms with Crippen molar-refractivity contribution in [1.82, 2.24) is 9.80 Å². The first kappa shape index (κ1) is 16.5. The largest absolute Gasteiger partial charge is 0.341 e. The number of benzene rings is 1. The lowest BCUT2D eigenvalue weighted by Gasteiger charge is -2.32. The van der Waals surface area contributed by atoms with Crippen molar-refractivity contribution in [2.24, 2.45) is 5.92 Å². The second-order valence-corrected chi connectivity index (χ2v) is 6.09. The van der Waals surface area contributed by atoms with Gasteiger partial charge in [-0.25, -0.2) is 4.39 Å². The van der Waals surface area contributed by atoms with Crippen LogP contribution in [0.5, 0.6) is 0 Å². The maximum absolute atomic E-state index is 12.9. The molecule has 1 heterocycles. The minimum Gasteiger partial charge on any atom is -0.341 e. The first-order chi connectivity index (χ1) is 10.5. The highest BCUT2D eigenvalue weighted by Gasteiger charge is 2.23. The van der Waals surface area contributed by atoms with Crippen molar-refractivity contribution in [2.45, 2.75) is 33.2 Å². The van der Waals surface area contributed by atoms with E-state index < -0.39 is 0 Å². The van der Waals surface area contributed by atoms with Crippen LogP contribution >= 0.6 is 0 Å². The normalized spacial score (nSPS) is 18.1. The molecule has 1 aromatic carbocycles. The number of hydrogen-bond donors (Lipinski definition) is 0. The number of rotatable bonds is 4. The molecule has 0 bridgehead atoms. The van der Waals surface area contributed by atoms with Gasteiger partial charge in [0, 0.05) is 26.6 Å². The Morgan fingerprint density at radius 2 is 2.00 bits per heavy atom. The molecule has 1 aliphatic heterocycles. The van der Waals surface area contributed by atoms with E-state index in [9.17, 15) is 14.0 Å². The lowest BCUT2D eigenvalue weighted by molar-refractivity contribution is -0.140. The summed E-state index contributed by atoms with van der Waals surface area (Å²) in [5.74, 6) is 0.0451. The number of amides is 2. The average Bonchev–Trinajstić information content (AvgIpc) is 2.48. The number of nitrogens with zero attached hydrogens (tertiary/aromatic N) is 2. The van der Waals surface area contributed by atoms with Gasteiger partial charge in [-0.1, -0.05) is 19.1 Å². The van der Waals surface area contributed by atoms with Gasteiger partial charge in [0.15, 0.2) is 0 Å². The Bertz CT molecular complexity index is 530. The van der Waals surface area contributed by atoms with Gasteiger partial charge in [0.05, 0.1) is 0 Å². The molecular formula is C17H23FN2O2. The van der Waals surface area contributed by atoms with E-state index in [-0.39, 0.29) is 24.2 Å². The molecule has 0 N–H and O–H groups in total. The summed E-state index contributed by atoms with van der Waals surface area (Å²) in [5, 5.41) is 0. The molecule has 2 rings (SSSR count). The highest BCUT2D eigenvalue weighted by molar-refractivity contribution is 5.83. The summed E-state index contributed by atoms with van der Waals surface area (Å²) >= 11 is 0. The Morgan fingerprint density at radius 1 is 1.32 bits per heavy atom. The van der Waals surface area contributed by atoms with Crippen LogP contribution in [0.1, 0.15) is 32.3 Å². The zero-order valence-corrected chi connectivity index (χ0v) is 13.2. The molecular weight excluding hydrogens is 283 g/mol. The van der Waals surface area contributed by atoms with E-state index in [1.54, 1.807) is 12.1 Å². The Labute approximate surface area is 130 Å². The van der Waals surface area contributed by atoms with E-state index in [1.165, 1.54) is 24.0 Å². The number of piperidine rings is 1. The maximum Gasteiger partial charge on any atom is 0.242 e. The van der Waals surface area contributed by atoms with E-state index in [0.29, 0.717) is 12.5 Å². The van der Waals surface area contributed by atoms with Gasteiger partial charge < -0.3 is 9.80 Å². The lowest BCUT2D eigenvalue weighted by Crippen LogP contribution is -2.45. The average molecular weight is 306 g/mol. The predicted octanol–water partition coefficient (Wildman–Crippen LogP) is 2.43. The fourth-order valence-corrected chi connectivity index (χ4v) is 2.77. The zero-order valence-electron chi connectivity index (χ0n) is 13.2. The molecule has 0 saturated carbocycles. The smallest absolute Gasteiger partial charge is 0.242 e. The molecule has 0 aliphatic carbocycles. The highest BCUT2D eigenvalue weighted by atomic mass is 19.1. The SMILES string of the molecule is CC(=O)N(CC(=O)N1CCCC(C)C1)Cc1ccc(F)cc1. The summed E-state index contributed by atoms with van der Waals surface area (Å²) in [6, 6.07) is 6.00. The minimum atomic E-state index is -0.309. The van der Waals surface area contributed by atoms with Crippen molar-refractivity contribution in [1.29, 1.82) is 0 Å². The zero-order chi connectivity index (χ0) is 16.1. The van der Waals surface area contributed by atoms with Crippen LogP contribution in [0.2, 0.25) is 0 Å². The van der Waals surface area contributed by atoms with Crippen molar-refractivity contribution in [3.05, 3.63) is 35.6 Å². The molecule has 4 nitrogen and oxygen atoms in total. The van der Waals surface area contributed by atoms with Gasteiger partial charge in [-0.05, 0) is 36.5 Å². The van der Waals surface area contributed by atoms with Gasteiger partial charge in [-0.15, -0.1) is 0 Å². The number of carbonyl (C=O) groups excluding carboxylic acids is 2. The second kappa shape index (κ2) is 7.38. The summed E-state index contributed by atoms with van der Waals surface area (Å²) in [6.45, 7) is 5.53. The molecule has 2 amide bonds. The van der Waals surface area contributed by atoms with E-state index >= 15 is 0 Å². The Kier molecular flexibility index (Phi) is 5.52. The lowest BCUT2D eigenvalue weighted by atomic mass is 10.0. The first-order valence-corrected chi connectivity index (χ1v) is 7.73. The summed E-state index contributed by atoms with van der Waals surface area (Å²) in [5.41, 5.74) is 0.816. The van der Waals surface area contributed by atoms with Crippen LogP contribution < -0.4 is 0 Å². The Morgan fingerprint density at radius 3 is 2.59 bits per heavy atom.